The Balaban J connectivity index is 3.21. The van der Waals surface area contributed by atoms with Crippen LogP contribution in [0.3, 0.4) is 0 Å². The lowest BCUT2D eigenvalue weighted by Crippen LogP contribution is -2.32. The number of benzene rings is 1. The summed E-state index contributed by atoms with van der Waals surface area (Å²) in [4.78, 5) is 0.0996. The molecule has 1 aromatic carbocycles. The van der Waals surface area contributed by atoms with Crippen molar-refractivity contribution in [2.45, 2.75) is 25.3 Å². The fourth-order valence-corrected chi connectivity index (χ4v) is 4.08. The molecule has 8 heteroatoms. The SMILES string of the molecule is Cc1cc(CO)cc(S(=O)(=O)N(C)CCS(C)(=O)=O)c1C. The van der Waals surface area contributed by atoms with Crippen LogP contribution in [-0.2, 0) is 26.5 Å². The van der Waals surface area contributed by atoms with Gasteiger partial charge in [-0.15, -0.1) is 0 Å². The van der Waals surface area contributed by atoms with Crippen molar-refractivity contribution in [2.24, 2.45) is 0 Å². The van der Waals surface area contributed by atoms with Gasteiger partial charge in [-0.1, -0.05) is 6.07 Å². The third kappa shape index (κ3) is 4.50. The molecule has 0 atom stereocenters. The van der Waals surface area contributed by atoms with Gasteiger partial charge in [-0.25, -0.2) is 16.8 Å². The zero-order valence-electron chi connectivity index (χ0n) is 12.6. The summed E-state index contributed by atoms with van der Waals surface area (Å²) in [6, 6.07) is 3.15. The molecule has 0 unspecified atom stereocenters. The highest BCUT2D eigenvalue weighted by molar-refractivity contribution is 7.91. The second kappa shape index (κ2) is 6.43. The lowest BCUT2D eigenvalue weighted by Gasteiger charge is -2.19. The molecule has 1 N–H and O–H groups in total. The Morgan fingerprint density at radius 3 is 2.19 bits per heavy atom. The van der Waals surface area contributed by atoms with Crippen molar-refractivity contribution in [2.75, 3.05) is 25.6 Å². The van der Waals surface area contributed by atoms with Gasteiger partial charge in [0.2, 0.25) is 10.0 Å². The van der Waals surface area contributed by atoms with Crippen molar-refractivity contribution in [1.82, 2.24) is 4.31 Å². The van der Waals surface area contributed by atoms with E-state index in [0.717, 1.165) is 16.1 Å². The molecule has 0 saturated heterocycles. The summed E-state index contributed by atoms with van der Waals surface area (Å²) in [6.45, 7) is 3.09. The van der Waals surface area contributed by atoms with E-state index in [0.29, 0.717) is 11.1 Å². The van der Waals surface area contributed by atoms with Gasteiger partial charge in [-0.2, -0.15) is 4.31 Å². The van der Waals surface area contributed by atoms with Crippen molar-refractivity contribution < 1.29 is 21.9 Å². The van der Waals surface area contributed by atoms with Crippen molar-refractivity contribution >= 4 is 19.9 Å². The fourth-order valence-electron chi connectivity index (χ4n) is 1.84. The Kier molecular flexibility index (Phi) is 5.54. The normalized spacial score (nSPS) is 12.9. The van der Waals surface area contributed by atoms with E-state index in [1.807, 2.05) is 0 Å². The molecule has 21 heavy (non-hydrogen) atoms. The molecule has 0 heterocycles. The quantitative estimate of drug-likeness (QED) is 0.815. The van der Waals surface area contributed by atoms with Crippen molar-refractivity contribution in [3.63, 3.8) is 0 Å². The topological polar surface area (TPSA) is 91.8 Å². The van der Waals surface area contributed by atoms with Crippen LogP contribution in [0.5, 0.6) is 0 Å². The maximum atomic E-state index is 12.5. The van der Waals surface area contributed by atoms with Crippen LogP contribution in [0, 0.1) is 13.8 Å². The Morgan fingerprint density at radius 2 is 1.71 bits per heavy atom. The third-order valence-corrected chi connectivity index (χ3v) is 6.23. The van der Waals surface area contributed by atoms with E-state index in [1.54, 1.807) is 19.9 Å². The molecule has 6 nitrogen and oxygen atoms in total. The first-order chi connectivity index (χ1) is 9.49. The Hall–Kier alpha value is -0.960. The van der Waals surface area contributed by atoms with Crippen LogP contribution in [0.15, 0.2) is 17.0 Å². The van der Waals surface area contributed by atoms with E-state index in [-0.39, 0.29) is 23.8 Å². The number of hydrogen-bond donors (Lipinski definition) is 1. The highest BCUT2D eigenvalue weighted by atomic mass is 32.2. The number of hydrogen-bond acceptors (Lipinski definition) is 5. The van der Waals surface area contributed by atoms with Gasteiger partial charge in [-0.05, 0) is 36.6 Å². The molecular weight excluding hydrogens is 314 g/mol. The Bertz CT molecular complexity index is 723. The van der Waals surface area contributed by atoms with Crippen LogP contribution >= 0.6 is 0 Å². The number of aliphatic hydroxyl groups excluding tert-OH is 1. The van der Waals surface area contributed by atoms with Gasteiger partial charge in [0.1, 0.15) is 9.84 Å². The molecule has 1 rings (SSSR count). The number of nitrogens with zero attached hydrogens (tertiary/aromatic N) is 1. The maximum absolute atomic E-state index is 12.5. The van der Waals surface area contributed by atoms with E-state index < -0.39 is 19.9 Å². The van der Waals surface area contributed by atoms with Gasteiger partial charge in [0.15, 0.2) is 0 Å². The van der Waals surface area contributed by atoms with Gasteiger partial charge in [0, 0.05) is 19.8 Å². The summed E-state index contributed by atoms with van der Waals surface area (Å²) in [5, 5.41) is 9.20. The lowest BCUT2D eigenvalue weighted by molar-refractivity contribution is 0.281. The predicted octanol–water partition coefficient (Wildman–Crippen LogP) is 0.461. The molecule has 120 valence electrons. The molecule has 0 saturated carbocycles. The first-order valence-electron chi connectivity index (χ1n) is 6.34. The van der Waals surface area contributed by atoms with Crippen molar-refractivity contribution in [3.8, 4) is 0 Å². The standard InChI is InChI=1S/C13H21NO5S2/c1-10-7-12(9-15)8-13(11(10)2)21(18,19)14(3)5-6-20(4,16)17/h7-8,15H,5-6,9H2,1-4H3. The van der Waals surface area contributed by atoms with Crippen molar-refractivity contribution in [3.05, 3.63) is 28.8 Å². The van der Waals surface area contributed by atoms with Gasteiger partial charge in [-0.3, -0.25) is 0 Å². The van der Waals surface area contributed by atoms with Crippen LogP contribution in [0.1, 0.15) is 16.7 Å². The molecule has 0 bridgehead atoms. The molecule has 0 amide bonds. The number of aliphatic hydroxyl groups is 1. The van der Waals surface area contributed by atoms with Crippen LogP contribution in [-0.4, -0.2) is 51.8 Å². The molecule has 0 aromatic heterocycles. The van der Waals surface area contributed by atoms with Crippen molar-refractivity contribution in [1.29, 1.82) is 0 Å². The van der Waals surface area contributed by atoms with Gasteiger partial charge in [0.25, 0.3) is 0 Å². The molecule has 1 aromatic rings. The van der Waals surface area contributed by atoms with Crippen LogP contribution in [0.2, 0.25) is 0 Å². The summed E-state index contributed by atoms with van der Waals surface area (Å²) < 4.78 is 48.4. The molecule has 0 fully saturated rings. The number of sulfonamides is 1. The average molecular weight is 335 g/mol. The zero-order valence-corrected chi connectivity index (χ0v) is 14.3. The molecule has 0 aliphatic rings. The Morgan fingerprint density at radius 1 is 1.14 bits per heavy atom. The van der Waals surface area contributed by atoms with E-state index in [2.05, 4.69) is 0 Å². The van der Waals surface area contributed by atoms with E-state index in [9.17, 15) is 21.9 Å². The highest BCUT2D eigenvalue weighted by Crippen LogP contribution is 2.23. The van der Waals surface area contributed by atoms with E-state index >= 15 is 0 Å². The number of aryl methyl sites for hydroxylation is 1. The third-order valence-electron chi connectivity index (χ3n) is 3.33. The molecule has 0 aliphatic heterocycles. The fraction of sp³-hybridized carbons (Fsp3) is 0.538. The first-order valence-corrected chi connectivity index (χ1v) is 9.84. The lowest BCUT2D eigenvalue weighted by atomic mass is 10.1. The minimum atomic E-state index is -3.79. The van der Waals surface area contributed by atoms with Gasteiger partial charge in [0.05, 0.1) is 17.3 Å². The summed E-state index contributed by atoms with van der Waals surface area (Å²) in [5.41, 5.74) is 1.86. The summed E-state index contributed by atoms with van der Waals surface area (Å²) in [7, 11) is -5.68. The molecular formula is C13H21NO5S2. The van der Waals surface area contributed by atoms with Gasteiger partial charge < -0.3 is 5.11 Å². The van der Waals surface area contributed by atoms with Crippen LogP contribution in [0.4, 0.5) is 0 Å². The van der Waals surface area contributed by atoms with E-state index in [1.165, 1.54) is 13.1 Å². The minimum Gasteiger partial charge on any atom is -0.392 e. The average Bonchev–Trinajstić information content (AvgIpc) is 2.37. The summed E-state index contributed by atoms with van der Waals surface area (Å²) >= 11 is 0. The second-order valence-corrected chi connectivity index (χ2v) is 9.42. The second-order valence-electron chi connectivity index (χ2n) is 5.15. The zero-order chi connectivity index (χ0) is 16.4. The Labute approximate surface area is 126 Å². The highest BCUT2D eigenvalue weighted by Gasteiger charge is 2.24. The number of sulfone groups is 1. The monoisotopic (exact) mass is 335 g/mol. The minimum absolute atomic E-state index is 0.0996. The summed E-state index contributed by atoms with van der Waals surface area (Å²) in [5.74, 6) is -0.236. The molecule has 0 radical (unpaired) electrons. The first kappa shape index (κ1) is 18.1. The van der Waals surface area contributed by atoms with Gasteiger partial charge >= 0.3 is 0 Å². The molecule has 0 spiro atoms. The predicted molar refractivity (Wildman–Crippen MR) is 81.4 cm³/mol. The largest absolute Gasteiger partial charge is 0.392 e. The van der Waals surface area contributed by atoms with E-state index in [4.69, 9.17) is 0 Å². The summed E-state index contributed by atoms with van der Waals surface area (Å²) in [6.07, 6.45) is 1.06. The smallest absolute Gasteiger partial charge is 0.243 e. The van der Waals surface area contributed by atoms with Crippen LogP contribution < -0.4 is 0 Å². The maximum Gasteiger partial charge on any atom is 0.243 e. The molecule has 0 aliphatic carbocycles. The number of rotatable bonds is 6. The van der Waals surface area contributed by atoms with Crippen LogP contribution in [0.25, 0.3) is 0 Å².